The van der Waals surface area contributed by atoms with Crippen molar-refractivity contribution in [3.63, 3.8) is 0 Å². The van der Waals surface area contributed by atoms with E-state index >= 15 is 0 Å². The van der Waals surface area contributed by atoms with E-state index in [0.29, 0.717) is 0 Å². The monoisotopic (exact) mass is 283 g/mol. The van der Waals surface area contributed by atoms with Gasteiger partial charge in [-0.15, -0.1) is 0 Å². The summed E-state index contributed by atoms with van der Waals surface area (Å²) in [6.07, 6.45) is 3.58. The topological polar surface area (TPSA) is 58.4 Å². The van der Waals surface area contributed by atoms with Crippen molar-refractivity contribution >= 4 is 5.71 Å². The fourth-order valence-electron chi connectivity index (χ4n) is 2.56. The van der Waals surface area contributed by atoms with Crippen molar-refractivity contribution in [3.05, 3.63) is 59.2 Å². The average Bonchev–Trinajstić information content (AvgIpc) is 2.47. The number of hydrogen-bond acceptors (Lipinski definition) is 4. The Labute approximate surface area is 125 Å². The lowest BCUT2D eigenvalue weighted by Gasteiger charge is -2.20. The van der Waals surface area contributed by atoms with Crippen molar-refractivity contribution in [3.8, 4) is 0 Å². The first-order valence-corrected chi connectivity index (χ1v) is 7.10. The first-order chi connectivity index (χ1) is 10.0. The molecule has 2 atom stereocenters. The van der Waals surface area contributed by atoms with Gasteiger partial charge in [0.2, 0.25) is 0 Å². The maximum atomic E-state index is 9.48. The third-order valence-corrected chi connectivity index (χ3v) is 3.84. The molecule has 0 aliphatic rings. The summed E-state index contributed by atoms with van der Waals surface area (Å²) < 4.78 is 0. The van der Waals surface area contributed by atoms with Gasteiger partial charge in [0.25, 0.3) is 0 Å². The maximum absolute atomic E-state index is 9.48. The van der Waals surface area contributed by atoms with Crippen LogP contribution in [0.1, 0.15) is 48.2 Å². The van der Waals surface area contributed by atoms with Crippen molar-refractivity contribution in [1.29, 1.82) is 0 Å². The highest BCUT2D eigenvalue weighted by Gasteiger charge is 2.22. The average molecular weight is 283 g/mol. The Morgan fingerprint density at radius 2 is 1.38 bits per heavy atom. The minimum atomic E-state index is 0.0279. The Hall–Kier alpha value is -2.23. The molecule has 2 heterocycles. The van der Waals surface area contributed by atoms with E-state index in [-0.39, 0.29) is 11.8 Å². The molecule has 110 valence electrons. The first kappa shape index (κ1) is 15.2. The van der Waals surface area contributed by atoms with E-state index in [0.717, 1.165) is 28.2 Å². The lowest BCUT2D eigenvalue weighted by Crippen LogP contribution is -2.17. The highest BCUT2D eigenvalue weighted by Crippen LogP contribution is 2.27. The van der Waals surface area contributed by atoms with E-state index in [9.17, 15) is 5.21 Å². The Kier molecular flexibility index (Phi) is 4.68. The second kappa shape index (κ2) is 6.48. The molecule has 1 N–H and O–H groups in total. The van der Waals surface area contributed by atoms with Gasteiger partial charge in [0.15, 0.2) is 0 Å². The van der Waals surface area contributed by atoms with Gasteiger partial charge in [0.1, 0.15) is 0 Å². The molecule has 0 aromatic carbocycles. The van der Waals surface area contributed by atoms with Crippen LogP contribution in [-0.2, 0) is 0 Å². The van der Waals surface area contributed by atoms with Crippen LogP contribution >= 0.6 is 0 Å². The molecule has 21 heavy (non-hydrogen) atoms. The SMILES string of the molecule is Cc1cc(C(C)C(=NO)C(C)c2ccnc(C)c2)ccn1. The van der Waals surface area contributed by atoms with Crippen LogP contribution in [0.15, 0.2) is 41.8 Å². The molecule has 0 amide bonds. The van der Waals surface area contributed by atoms with Crippen LogP contribution < -0.4 is 0 Å². The highest BCUT2D eigenvalue weighted by molar-refractivity contribution is 5.95. The molecule has 0 spiro atoms. The number of pyridine rings is 2. The molecule has 0 saturated carbocycles. The summed E-state index contributed by atoms with van der Waals surface area (Å²) in [5.41, 5.74) is 4.88. The van der Waals surface area contributed by atoms with E-state index in [4.69, 9.17) is 0 Å². The van der Waals surface area contributed by atoms with Crippen LogP contribution in [0.3, 0.4) is 0 Å². The zero-order chi connectivity index (χ0) is 15.4. The van der Waals surface area contributed by atoms with Crippen molar-refractivity contribution in [2.24, 2.45) is 5.16 Å². The smallest absolute Gasteiger partial charge is 0.0714 e. The number of aromatic nitrogens is 2. The molecule has 0 aliphatic heterocycles. The van der Waals surface area contributed by atoms with Gasteiger partial charge in [-0.2, -0.15) is 0 Å². The largest absolute Gasteiger partial charge is 0.411 e. The fourth-order valence-corrected chi connectivity index (χ4v) is 2.56. The summed E-state index contributed by atoms with van der Waals surface area (Å²) in [5.74, 6) is 0.0559. The molecule has 2 aromatic rings. The van der Waals surface area contributed by atoms with E-state index in [2.05, 4.69) is 15.1 Å². The number of hydrogen-bond donors (Lipinski definition) is 1. The van der Waals surface area contributed by atoms with Gasteiger partial charge in [0.05, 0.1) is 5.71 Å². The van der Waals surface area contributed by atoms with E-state index in [1.54, 1.807) is 12.4 Å². The van der Waals surface area contributed by atoms with Gasteiger partial charge < -0.3 is 5.21 Å². The third-order valence-electron chi connectivity index (χ3n) is 3.84. The summed E-state index contributed by atoms with van der Waals surface area (Å²) in [6.45, 7) is 8.02. The van der Waals surface area contributed by atoms with Crippen LogP contribution in [0.2, 0.25) is 0 Å². The summed E-state index contributed by atoms with van der Waals surface area (Å²) in [6, 6.07) is 7.99. The summed E-state index contributed by atoms with van der Waals surface area (Å²) in [4.78, 5) is 8.42. The number of nitrogens with zero attached hydrogens (tertiary/aromatic N) is 3. The Morgan fingerprint density at radius 3 is 1.71 bits per heavy atom. The zero-order valence-corrected chi connectivity index (χ0v) is 12.9. The predicted molar refractivity (Wildman–Crippen MR) is 84.0 cm³/mol. The summed E-state index contributed by atoms with van der Waals surface area (Å²) >= 11 is 0. The minimum Gasteiger partial charge on any atom is -0.411 e. The van der Waals surface area contributed by atoms with Gasteiger partial charge in [0, 0.05) is 35.6 Å². The van der Waals surface area contributed by atoms with Crippen molar-refractivity contribution in [2.45, 2.75) is 39.5 Å². The number of rotatable bonds is 4. The molecule has 0 radical (unpaired) electrons. The second-order valence-corrected chi connectivity index (χ2v) is 5.43. The lowest BCUT2D eigenvalue weighted by atomic mass is 9.85. The lowest BCUT2D eigenvalue weighted by molar-refractivity contribution is 0.314. The van der Waals surface area contributed by atoms with Gasteiger partial charge in [-0.05, 0) is 49.2 Å². The minimum absolute atomic E-state index is 0.0279. The van der Waals surface area contributed by atoms with Crippen LogP contribution in [-0.4, -0.2) is 20.9 Å². The van der Waals surface area contributed by atoms with Crippen LogP contribution in [0.25, 0.3) is 0 Å². The van der Waals surface area contributed by atoms with E-state index in [1.807, 2.05) is 52.0 Å². The standard InChI is InChI=1S/C17H21N3O/c1-11-9-15(5-7-18-11)13(3)17(20-21)14(4)16-6-8-19-12(2)10-16/h5-10,13-14,21H,1-4H3. The number of aryl methyl sites for hydroxylation is 2. The number of oxime groups is 1. The van der Waals surface area contributed by atoms with Crippen LogP contribution in [0.5, 0.6) is 0 Å². The van der Waals surface area contributed by atoms with Gasteiger partial charge in [-0.25, -0.2) is 0 Å². The van der Waals surface area contributed by atoms with Crippen LogP contribution in [0.4, 0.5) is 0 Å². The zero-order valence-electron chi connectivity index (χ0n) is 12.9. The van der Waals surface area contributed by atoms with Gasteiger partial charge in [-0.1, -0.05) is 19.0 Å². The van der Waals surface area contributed by atoms with E-state index in [1.165, 1.54) is 0 Å². The molecular formula is C17H21N3O. The quantitative estimate of drug-likeness (QED) is 0.527. The molecular weight excluding hydrogens is 262 g/mol. The molecule has 0 fully saturated rings. The molecule has 0 aliphatic carbocycles. The van der Waals surface area contributed by atoms with Crippen molar-refractivity contribution in [2.75, 3.05) is 0 Å². The van der Waals surface area contributed by atoms with Gasteiger partial charge in [-0.3, -0.25) is 9.97 Å². The molecule has 4 heteroatoms. The van der Waals surface area contributed by atoms with Crippen molar-refractivity contribution in [1.82, 2.24) is 9.97 Å². The summed E-state index contributed by atoms with van der Waals surface area (Å²) in [5, 5.41) is 13.1. The Bertz CT molecular complexity index is 598. The van der Waals surface area contributed by atoms with E-state index < -0.39 is 0 Å². The molecule has 0 bridgehead atoms. The predicted octanol–water partition coefficient (Wildman–Crippen LogP) is 3.83. The highest BCUT2D eigenvalue weighted by atomic mass is 16.4. The summed E-state index contributed by atoms with van der Waals surface area (Å²) in [7, 11) is 0. The third kappa shape index (κ3) is 3.45. The molecule has 0 saturated heterocycles. The Balaban J connectivity index is 2.31. The molecule has 2 rings (SSSR count). The fraction of sp³-hybridized carbons (Fsp3) is 0.353. The molecule has 2 aromatic heterocycles. The van der Waals surface area contributed by atoms with Crippen molar-refractivity contribution < 1.29 is 5.21 Å². The molecule has 4 nitrogen and oxygen atoms in total. The van der Waals surface area contributed by atoms with Crippen LogP contribution in [0, 0.1) is 13.8 Å². The second-order valence-electron chi connectivity index (χ2n) is 5.43. The normalized spacial score (nSPS) is 13.5. The first-order valence-electron chi connectivity index (χ1n) is 7.10. The molecule has 2 unspecified atom stereocenters. The van der Waals surface area contributed by atoms with Gasteiger partial charge >= 0.3 is 0 Å². The Morgan fingerprint density at radius 1 is 0.952 bits per heavy atom. The maximum Gasteiger partial charge on any atom is 0.0714 e.